The lowest BCUT2D eigenvalue weighted by atomic mass is 10.1. The molecule has 1 saturated heterocycles. The molecule has 15 heavy (non-hydrogen) atoms. The zero-order valence-electron chi connectivity index (χ0n) is 9.61. The van der Waals surface area contributed by atoms with Gasteiger partial charge in [0.2, 0.25) is 0 Å². The maximum Gasteiger partial charge on any atom is 0.0240 e. The highest BCUT2D eigenvalue weighted by Crippen LogP contribution is 2.14. The van der Waals surface area contributed by atoms with Gasteiger partial charge in [-0.25, -0.2) is 0 Å². The predicted molar refractivity (Wildman–Crippen MR) is 63.8 cm³/mol. The van der Waals surface area contributed by atoms with Crippen LogP contribution in [0.5, 0.6) is 0 Å². The van der Waals surface area contributed by atoms with Gasteiger partial charge in [-0.2, -0.15) is 0 Å². The fourth-order valence-corrected chi connectivity index (χ4v) is 2.28. The molecule has 0 aromatic heterocycles. The molecule has 0 spiro atoms. The Balaban J connectivity index is 2.03. The number of piperazine rings is 1. The van der Waals surface area contributed by atoms with E-state index < -0.39 is 0 Å². The summed E-state index contributed by atoms with van der Waals surface area (Å²) in [6.07, 6.45) is 0. The molecule has 1 aliphatic rings. The van der Waals surface area contributed by atoms with E-state index in [4.69, 9.17) is 0 Å². The van der Waals surface area contributed by atoms with Crippen LogP contribution in [0.4, 0.5) is 0 Å². The molecule has 1 heterocycles. The number of nitrogens with one attached hydrogen (secondary N) is 1. The molecule has 2 atom stereocenters. The first-order valence-corrected chi connectivity index (χ1v) is 5.78. The average Bonchev–Trinajstić information content (AvgIpc) is 2.25. The topological polar surface area (TPSA) is 15.3 Å². The van der Waals surface area contributed by atoms with Crippen LogP contribution in [-0.2, 0) is 6.54 Å². The van der Waals surface area contributed by atoms with Crippen molar-refractivity contribution in [3.05, 3.63) is 35.9 Å². The van der Waals surface area contributed by atoms with Crippen LogP contribution in [0.25, 0.3) is 0 Å². The van der Waals surface area contributed by atoms with Gasteiger partial charge in [-0.15, -0.1) is 0 Å². The van der Waals surface area contributed by atoms with E-state index in [0.29, 0.717) is 12.1 Å². The van der Waals surface area contributed by atoms with E-state index in [1.807, 2.05) is 0 Å². The van der Waals surface area contributed by atoms with Gasteiger partial charge >= 0.3 is 0 Å². The molecule has 1 unspecified atom stereocenters. The Labute approximate surface area is 92.3 Å². The Morgan fingerprint density at radius 2 is 1.73 bits per heavy atom. The number of benzene rings is 1. The van der Waals surface area contributed by atoms with Crippen LogP contribution in [-0.4, -0.2) is 30.1 Å². The highest BCUT2D eigenvalue weighted by Gasteiger charge is 2.23. The van der Waals surface area contributed by atoms with E-state index in [-0.39, 0.29) is 0 Å². The van der Waals surface area contributed by atoms with E-state index in [2.05, 4.69) is 54.4 Å². The molecule has 2 heteroatoms. The smallest absolute Gasteiger partial charge is 0.0240 e. The molecule has 1 aromatic rings. The highest BCUT2D eigenvalue weighted by molar-refractivity contribution is 5.14. The predicted octanol–water partition coefficient (Wildman–Crippen LogP) is 1.87. The molecule has 2 rings (SSSR count). The van der Waals surface area contributed by atoms with Crippen molar-refractivity contribution in [2.45, 2.75) is 32.5 Å². The maximum atomic E-state index is 3.46. The van der Waals surface area contributed by atoms with E-state index in [0.717, 1.165) is 19.6 Å². The molecular weight excluding hydrogens is 184 g/mol. The molecule has 0 bridgehead atoms. The van der Waals surface area contributed by atoms with Gasteiger partial charge in [0.15, 0.2) is 0 Å². The summed E-state index contributed by atoms with van der Waals surface area (Å²) in [4.78, 5) is 2.58. The molecule has 1 aliphatic heterocycles. The van der Waals surface area contributed by atoms with Crippen molar-refractivity contribution < 1.29 is 0 Å². The summed E-state index contributed by atoms with van der Waals surface area (Å²) in [6, 6.07) is 12.0. The van der Waals surface area contributed by atoms with Crippen molar-refractivity contribution in [3.63, 3.8) is 0 Å². The summed E-state index contributed by atoms with van der Waals surface area (Å²) in [6.45, 7) is 7.89. The molecule has 1 N–H and O–H groups in total. The minimum absolute atomic E-state index is 0.633. The lowest BCUT2D eigenvalue weighted by molar-refractivity contribution is 0.109. The Morgan fingerprint density at radius 3 is 2.33 bits per heavy atom. The third kappa shape index (κ3) is 2.58. The molecule has 1 aromatic carbocycles. The Hall–Kier alpha value is -0.860. The van der Waals surface area contributed by atoms with Crippen molar-refractivity contribution in [2.75, 3.05) is 13.1 Å². The van der Waals surface area contributed by atoms with E-state index in [1.165, 1.54) is 5.56 Å². The Morgan fingerprint density at radius 1 is 1.13 bits per heavy atom. The van der Waals surface area contributed by atoms with Gasteiger partial charge in [-0.3, -0.25) is 4.90 Å². The minimum Gasteiger partial charge on any atom is -0.314 e. The number of hydrogen-bond donors (Lipinski definition) is 1. The van der Waals surface area contributed by atoms with Crippen molar-refractivity contribution in [1.82, 2.24) is 10.2 Å². The van der Waals surface area contributed by atoms with Crippen LogP contribution in [0, 0.1) is 0 Å². The summed E-state index contributed by atoms with van der Waals surface area (Å²) < 4.78 is 0. The third-order valence-electron chi connectivity index (χ3n) is 3.22. The quantitative estimate of drug-likeness (QED) is 0.791. The maximum absolute atomic E-state index is 3.46. The van der Waals surface area contributed by atoms with Crippen LogP contribution >= 0.6 is 0 Å². The second-order valence-electron chi connectivity index (χ2n) is 4.51. The van der Waals surface area contributed by atoms with Crippen molar-refractivity contribution in [3.8, 4) is 0 Å². The van der Waals surface area contributed by atoms with Gasteiger partial charge in [0.25, 0.3) is 0 Å². The third-order valence-corrected chi connectivity index (χ3v) is 3.22. The van der Waals surface area contributed by atoms with Crippen molar-refractivity contribution in [2.24, 2.45) is 0 Å². The van der Waals surface area contributed by atoms with Crippen molar-refractivity contribution >= 4 is 0 Å². The monoisotopic (exact) mass is 204 g/mol. The first kappa shape index (κ1) is 10.7. The SMILES string of the molecule is CC1CNC[C@H](C)N1Cc1ccccc1. The molecule has 82 valence electrons. The van der Waals surface area contributed by atoms with Gasteiger partial charge in [0, 0.05) is 31.7 Å². The second kappa shape index (κ2) is 4.77. The molecule has 1 fully saturated rings. The summed E-state index contributed by atoms with van der Waals surface area (Å²) in [7, 11) is 0. The first-order chi connectivity index (χ1) is 7.27. The number of hydrogen-bond acceptors (Lipinski definition) is 2. The zero-order valence-corrected chi connectivity index (χ0v) is 9.61. The number of rotatable bonds is 2. The Kier molecular flexibility index (Phi) is 3.39. The molecule has 0 radical (unpaired) electrons. The lowest BCUT2D eigenvalue weighted by Crippen LogP contribution is -2.54. The van der Waals surface area contributed by atoms with E-state index in [1.54, 1.807) is 0 Å². The summed E-state index contributed by atoms with van der Waals surface area (Å²) in [5, 5.41) is 3.46. The largest absolute Gasteiger partial charge is 0.314 e. The van der Waals surface area contributed by atoms with Crippen molar-refractivity contribution in [1.29, 1.82) is 0 Å². The van der Waals surface area contributed by atoms with Gasteiger partial charge in [0.05, 0.1) is 0 Å². The first-order valence-electron chi connectivity index (χ1n) is 5.78. The molecule has 0 aliphatic carbocycles. The van der Waals surface area contributed by atoms with Gasteiger partial charge < -0.3 is 5.32 Å². The standard InChI is InChI=1S/C13H20N2/c1-11-8-14-9-12(2)15(11)10-13-6-4-3-5-7-13/h3-7,11-12,14H,8-10H2,1-2H3/t11-,12?/m0/s1. The fourth-order valence-electron chi connectivity index (χ4n) is 2.28. The lowest BCUT2D eigenvalue weighted by Gasteiger charge is -2.39. The van der Waals surface area contributed by atoms with Crippen LogP contribution in [0.15, 0.2) is 30.3 Å². The van der Waals surface area contributed by atoms with Crippen LogP contribution in [0.3, 0.4) is 0 Å². The summed E-state index contributed by atoms with van der Waals surface area (Å²) in [5.41, 5.74) is 1.41. The van der Waals surface area contributed by atoms with Crippen LogP contribution in [0.1, 0.15) is 19.4 Å². The summed E-state index contributed by atoms with van der Waals surface area (Å²) in [5.74, 6) is 0. The zero-order chi connectivity index (χ0) is 10.7. The van der Waals surface area contributed by atoms with Gasteiger partial charge in [-0.05, 0) is 19.4 Å². The Bertz CT molecular complexity index is 287. The number of nitrogens with zero attached hydrogens (tertiary/aromatic N) is 1. The van der Waals surface area contributed by atoms with E-state index in [9.17, 15) is 0 Å². The van der Waals surface area contributed by atoms with Gasteiger partial charge in [0.1, 0.15) is 0 Å². The average molecular weight is 204 g/mol. The molecule has 0 amide bonds. The van der Waals surface area contributed by atoms with Crippen LogP contribution < -0.4 is 5.32 Å². The van der Waals surface area contributed by atoms with Gasteiger partial charge in [-0.1, -0.05) is 30.3 Å². The van der Waals surface area contributed by atoms with E-state index >= 15 is 0 Å². The minimum atomic E-state index is 0.633. The molecule has 0 saturated carbocycles. The molecular formula is C13H20N2. The highest BCUT2D eigenvalue weighted by atomic mass is 15.2. The second-order valence-corrected chi connectivity index (χ2v) is 4.51. The van der Waals surface area contributed by atoms with Crippen LogP contribution in [0.2, 0.25) is 0 Å². The normalized spacial score (nSPS) is 27.9. The fraction of sp³-hybridized carbons (Fsp3) is 0.538. The molecule has 2 nitrogen and oxygen atoms in total. The summed E-state index contributed by atoms with van der Waals surface area (Å²) >= 11 is 0.